The molecule has 3 rings (SSSR count). The van der Waals surface area contributed by atoms with Gasteiger partial charge in [-0.25, -0.2) is 4.79 Å². The van der Waals surface area contributed by atoms with Gasteiger partial charge in [-0.05, 0) is 43.1 Å². The first-order valence-electron chi connectivity index (χ1n) is 8.84. The number of hydrogen-bond donors (Lipinski definition) is 2. The van der Waals surface area contributed by atoms with Crippen LogP contribution in [0, 0.1) is 17.3 Å². The van der Waals surface area contributed by atoms with E-state index in [4.69, 9.17) is 5.11 Å². The number of nitrogens with one attached hydrogen (secondary N) is 1. The zero-order chi connectivity index (χ0) is 18.9. The van der Waals surface area contributed by atoms with Gasteiger partial charge in [0.15, 0.2) is 0 Å². The highest BCUT2D eigenvalue weighted by atomic mass is 19.4. The third-order valence-corrected chi connectivity index (χ3v) is 5.83. The molecule has 2 aliphatic rings. The predicted octanol–water partition coefficient (Wildman–Crippen LogP) is 3.56. The number of halogens is 3. The van der Waals surface area contributed by atoms with Crippen LogP contribution in [0.2, 0.25) is 0 Å². The molecule has 0 heterocycles. The summed E-state index contributed by atoms with van der Waals surface area (Å²) in [7, 11) is 0. The molecule has 4 unspecified atom stereocenters. The maximum Gasteiger partial charge on any atom is 0.391 e. The van der Waals surface area contributed by atoms with Crippen LogP contribution in [0.15, 0.2) is 30.3 Å². The number of rotatable bonds is 6. The van der Waals surface area contributed by atoms with Crippen molar-refractivity contribution in [3.8, 4) is 0 Å². The molecule has 2 N–H and O–H groups in total. The Hall–Kier alpha value is -2.05. The number of fused-ring (bicyclic) bond motifs is 2. The molecule has 0 radical (unpaired) electrons. The molecule has 2 bridgehead atoms. The van der Waals surface area contributed by atoms with E-state index >= 15 is 0 Å². The molecule has 1 aromatic rings. The standard InChI is InChI=1S/C19H22F3NO3/c20-19(21,22)11-15(16(24)25)23-17(26)18(9-12-4-2-1-3-5-12)10-13-6-7-14(18)8-13/h1-5,13-15H,6-11H2,(H,23,26)(H,24,25). The van der Waals surface area contributed by atoms with E-state index in [0.29, 0.717) is 18.8 Å². The summed E-state index contributed by atoms with van der Waals surface area (Å²) >= 11 is 0. The largest absolute Gasteiger partial charge is 0.480 e. The number of amides is 1. The minimum Gasteiger partial charge on any atom is -0.480 e. The van der Waals surface area contributed by atoms with Crippen molar-refractivity contribution in [1.29, 1.82) is 0 Å². The number of benzene rings is 1. The first-order chi connectivity index (χ1) is 12.2. The van der Waals surface area contributed by atoms with Crippen LogP contribution < -0.4 is 5.32 Å². The van der Waals surface area contributed by atoms with Crippen molar-refractivity contribution < 1.29 is 27.9 Å². The Balaban J connectivity index is 1.83. The van der Waals surface area contributed by atoms with Crippen LogP contribution in [-0.2, 0) is 16.0 Å². The Labute approximate surface area is 149 Å². The molecule has 142 valence electrons. The quantitative estimate of drug-likeness (QED) is 0.806. The first kappa shape index (κ1) is 18.7. The molecule has 26 heavy (non-hydrogen) atoms. The van der Waals surface area contributed by atoms with Crippen molar-refractivity contribution >= 4 is 11.9 Å². The second-order valence-corrected chi connectivity index (χ2v) is 7.58. The molecular weight excluding hydrogens is 347 g/mol. The average molecular weight is 369 g/mol. The van der Waals surface area contributed by atoms with Crippen molar-refractivity contribution in [3.63, 3.8) is 0 Å². The van der Waals surface area contributed by atoms with Gasteiger partial charge in [-0.3, -0.25) is 4.79 Å². The zero-order valence-corrected chi connectivity index (χ0v) is 14.3. The second kappa shape index (κ2) is 6.93. The Morgan fingerprint density at radius 2 is 1.92 bits per heavy atom. The van der Waals surface area contributed by atoms with Crippen LogP contribution in [0.1, 0.15) is 37.7 Å². The molecule has 1 aromatic carbocycles. The Morgan fingerprint density at radius 1 is 1.23 bits per heavy atom. The maximum absolute atomic E-state index is 13.0. The van der Waals surface area contributed by atoms with Crippen LogP contribution in [-0.4, -0.2) is 29.2 Å². The lowest BCUT2D eigenvalue weighted by atomic mass is 9.68. The third kappa shape index (κ3) is 3.86. The number of carboxylic acid groups (broad SMARTS) is 1. The van der Waals surface area contributed by atoms with Gasteiger partial charge in [0, 0.05) is 0 Å². The van der Waals surface area contributed by atoms with E-state index in [-0.39, 0.29) is 5.92 Å². The molecule has 2 fully saturated rings. The van der Waals surface area contributed by atoms with Gasteiger partial charge in [-0.1, -0.05) is 36.8 Å². The van der Waals surface area contributed by atoms with Crippen LogP contribution in [0.5, 0.6) is 0 Å². The van der Waals surface area contributed by atoms with E-state index in [2.05, 4.69) is 5.32 Å². The highest BCUT2D eigenvalue weighted by Gasteiger charge is 2.56. The number of alkyl halides is 3. The number of aliphatic carboxylic acids is 1. The topological polar surface area (TPSA) is 66.4 Å². The van der Waals surface area contributed by atoms with Gasteiger partial charge >= 0.3 is 12.1 Å². The van der Waals surface area contributed by atoms with Gasteiger partial charge < -0.3 is 10.4 Å². The monoisotopic (exact) mass is 369 g/mol. The first-order valence-corrected chi connectivity index (χ1v) is 8.84. The Kier molecular flexibility index (Phi) is 4.99. The summed E-state index contributed by atoms with van der Waals surface area (Å²) in [6, 6.07) is 7.42. The van der Waals surface area contributed by atoms with Gasteiger partial charge in [-0.15, -0.1) is 0 Å². The van der Waals surface area contributed by atoms with Crippen LogP contribution in [0.25, 0.3) is 0 Å². The third-order valence-electron chi connectivity index (χ3n) is 5.83. The summed E-state index contributed by atoms with van der Waals surface area (Å²) in [5.74, 6) is -1.73. The lowest BCUT2D eigenvalue weighted by Crippen LogP contribution is -2.52. The summed E-state index contributed by atoms with van der Waals surface area (Å²) in [5.41, 5.74) is 0.127. The number of carbonyl (C=O) groups is 2. The number of carboxylic acids is 1. The summed E-state index contributed by atoms with van der Waals surface area (Å²) in [4.78, 5) is 24.3. The van der Waals surface area contributed by atoms with Crippen LogP contribution >= 0.6 is 0 Å². The van der Waals surface area contributed by atoms with Gasteiger partial charge in [0.25, 0.3) is 0 Å². The maximum atomic E-state index is 13.0. The second-order valence-electron chi connectivity index (χ2n) is 7.58. The average Bonchev–Trinajstić information content (AvgIpc) is 3.15. The van der Waals surface area contributed by atoms with Crippen LogP contribution in [0.3, 0.4) is 0 Å². The fraction of sp³-hybridized carbons (Fsp3) is 0.579. The molecule has 0 saturated heterocycles. The van der Waals surface area contributed by atoms with Gasteiger partial charge in [0.2, 0.25) is 5.91 Å². The molecule has 4 atom stereocenters. The summed E-state index contributed by atoms with van der Waals surface area (Å²) in [6.07, 6.45) is -2.41. The molecular formula is C19H22F3NO3. The van der Waals surface area contributed by atoms with Gasteiger partial charge in [-0.2, -0.15) is 13.2 Å². The van der Waals surface area contributed by atoms with E-state index < -0.39 is 35.9 Å². The molecule has 2 aliphatic carbocycles. The molecule has 1 amide bonds. The fourth-order valence-electron chi connectivity index (χ4n) is 4.71. The molecule has 7 heteroatoms. The number of carbonyl (C=O) groups excluding carboxylic acids is 1. The van der Waals surface area contributed by atoms with Gasteiger partial charge in [0.1, 0.15) is 6.04 Å². The SMILES string of the molecule is O=C(O)C(CC(F)(F)F)NC(=O)C1(Cc2ccccc2)CC2CCC1C2. The highest BCUT2D eigenvalue weighted by molar-refractivity contribution is 5.88. The summed E-state index contributed by atoms with van der Waals surface area (Å²) in [5, 5.41) is 11.3. The van der Waals surface area contributed by atoms with E-state index in [1.54, 1.807) is 0 Å². The van der Waals surface area contributed by atoms with Crippen molar-refractivity contribution in [2.24, 2.45) is 17.3 Å². The zero-order valence-electron chi connectivity index (χ0n) is 14.3. The lowest BCUT2D eigenvalue weighted by molar-refractivity contribution is -0.161. The van der Waals surface area contributed by atoms with Gasteiger partial charge in [0.05, 0.1) is 11.8 Å². The fourth-order valence-corrected chi connectivity index (χ4v) is 4.71. The minimum absolute atomic E-state index is 0.0908. The normalized spacial score (nSPS) is 28.7. The highest BCUT2D eigenvalue weighted by Crippen LogP contribution is 2.57. The Bertz CT molecular complexity index is 676. The van der Waals surface area contributed by atoms with E-state index in [9.17, 15) is 22.8 Å². The molecule has 4 nitrogen and oxygen atoms in total. The lowest BCUT2D eigenvalue weighted by Gasteiger charge is -2.37. The molecule has 0 spiro atoms. The number of hydrogen-bond acceptors (Lipinski definition) is 2. The van der Waals surface area contributed by atoms with Crippen molar-refractivity contribution in [3.05, 3.63) is 35.9 Å². The Morgan fingerprint density at radius 3 is 2.42 bits per heavy atom. The van der Waals surface area contributed by atoms with Crippen molar-refractivity contribution in [2.75, 3.05) is 0 Å². The van der Waals surface area contributed by atoms with Crippen LogP contribution in [0.4, 0.5) is 13.2 Å². The minimum atomic E-state index is -4.66. The van der Waals surface area contributed by atoms with E-state index in [1.165, 1.54) is 0 Å². The summed E-state index contributed by atoms with van der Waals surface area (Å²) < 4.78 is 38.0. The van der Waals surface area contributed by atoms with Crippen molar-refractivity contribution in [2.45, 2.75) is 50.7 Å². The van der Waals surface area contributed by atoms with E-state index in [1.807, 2.05) is 30.3 Å². The molecule has 2 saturated carbocycles. The van der Waals surface area contributed by atoms with E-state index in [0.717, 1.165) is 24.8 Å². The smallest absolute Gasteiger partial charge is 0.391 e. The summed E-state index contributed by atoms with van der Waals surface area (Å²) in [6.45, 7) is 0. The van der Waals surface area contributed by atoms with Crippen molar-refractivity contribution in [1.82, 2.24) is 5.32 Å². The molecule has 0 aliphatic heterocycles. The molecule has 0 aromatic heterocycles. The predicted molar refractivity (Wildman–Crippen MR) is 88.3 cm³/mol.